The van der Waals surface area contributed by atoms with Crippen molar-refractivity contribution < 1.29 is 9.59 Å². The Balaban J connectivity index is 2.16. The van der Waals surface area contributed by atoms with Gasteiger partial charge in [-0.15, -0.1) is 0 Å². The summed E-state index contributed by atoms with van der Waals surface area (Å²) in [5.41, 5.74) is 1.51. The van der Waals surface area contributed by atoms with Crippen LogP contribution in [0.25, 0.3) is 0 Å². The van der Waals surface area contributed by atoms with Gasteiger partial charge in [0.05, 0.1) is 10.0 Å². The average molecular weight is 350 g/mol. The smallest absolute Gasteiger partial charge is 0.253 e. The maximum Gasteiger partial charge on any atom is 0.253 e. The molecule has 2 aromatic carbocycles. The molecule has 5 heteroatoms. The molecule has 0 bridgehead atoms. The summed E-state index contributed by atoms with van der Waals surface area (Å²) in [5, 5.41) is 0.908. The van der Waals surface area contributed by atoms with E-state index in [2.05, 4.69) is 0 Å². The summed E-state index contributed by atoms with van der Waals surface area (Å²) in [6, 6.07) is 14.3. The highest BCUT2D eigenvalue weighted by Gasteiger charge is 2.19. The first kappa shape index (κ1) is 17.5. The highest BCUT2D eigenvalue weighted by atomic mass is 35.5. The predicted octanol–water partition coefficient (Wildman–Crippen LogP) is 4.44. The van der Waals surface area contributed by atoms with E-state index in [4.69, 9.17) is 23.2 Å². The molecule has 2 aromatic rings. The zero-order chi connectivity index (χ0) is 16.8. The van der Waals surface area contributed by atoms with E-state index in [9.17, 15) is 9.59 Å². The van der Waals surface area contributed by atoms with E-state index in [1.54, 1.807) is 36.2 Å². The number of likely N-dealkylation sites (N-methyl/N-ethyl adjacent to an activating group) is 1. The number of hydrogen-bond acceptors (Lipinski definition) is 2. The van der Waals surface area contributed by atoms with Crippen LogP contribution in [-0.2, 0) is 4.79 Å². The molecular weight excluding hydrogens is 333 g/mol. The van der Waals surface area contributed by atoms with E-state index in [1.807, 2.05) is 24.3 Å². The molecule has 1 amide bonds. The van der Waals surface area contributed by atoms with Gasteiger partial charge in [0.1, 0.15) is 6.29 Å². The lowest BCUT2D eigenvalue weighted by Crippen LogP contribution is -2.31. The minimum atomic E-state index is -0.125. The second-order valence-corrected chi connectivity index (χ2v) is 6.14. The number of nitrogens with zero attached hydrogens (tertiary/aromatic N) is 1. The third kappa shape index (κ3) is 4.57. The van der Waals surface area contributed by atoms with Crippen molar-refractivity contribution in [2.45, 2.75) is 12.3 Å². The fourth-order valence-electron chi connectivity index (χ4n) is 2.41. The first-order chi connectivity index (χ1) is 11.0. The number of rotatable bonds is 6. The van der Waals surface area contributed by atoms with Gasteiger partial charge in [-0.2, -0.15) is 0 Å². The summed E-state index contributed by atoms with van der Waals surface area (Å²) < 4.78 is 0. The lowest BCUT2D eigenvalue weighted by atomic mass is 9.95. The van der Waals surface area contributed by atoms with Gasteiger partial charge in [0.25, 0.3) is 5.91 Å². The van der Waals surface area contributed by atoms with Crippen LogP contribution in [0, 0.1) is 0 Å². The van der Waals surface area contributed by atoms with Gasteiger partial charge in [-0.05, 0) is 29.8 Å². The van der Waals surface area contributed by atoms with Crippen molar-refractivity contribution in [2.24, 2.45) is 0 Å². The molecule has 1 unspecified atom stereocenters. The molecule has 1 atom stereocenters. The molecule has 0 aromatic heterocycles. The van der Waals surface area contributed by atoms with Crippen molar-refractivity contribution >= 4 is 35.4 Å². The summed E-state index contributed by atoms with van der Waals surface area (Å²) in [6.07, 6.45) is 1.17. The first-order valence-electron chi connectivity index (χ1n) is 7.22. The zero-order valence-corrected chi connectivity index (χ0v) is 14.2. The highest BCUT2D eigenvalue weighted by Crippen LogP contribution is 2.28. The molecule has 0 radical (unpaired) electrons. The third-order valence-electron chi connectivity index (χ3n) is 3.66. The topological polar surface area (TPSA) is 37.4 Å². The summed E-state index contributed by atoms with van der Waals surface area (Å²) in [7, 11) is 1.73. The Morgan fingerprint density at radius 3 is 2.43 bits per heavy atom. The Bertz CT molecular complexity index is 689. The van der Waals surface area contributed by atoms with Gasteiger partial charge in [0, 0.05) is 31.5 Å². The first-order valence-corrected chi connectivity index (χ1v) is 7.97. The van der Waals surface area contributed by atoms with E-state index in [0.717, 1.165) is 11.8 Å². The summed E-state index contributed by atoms with van der Waals surface area (Å²) in [5.74, 6) is -0.207. The van der Waals surface area contributed by atoms with Crippen LogP contribution in [0.2, 0.25) is 10.0 Å². The van der Waals surface area contributed by atoms with Crippen molar-refractivity contribution in [1.29, 1.82) is 0 Å². The number of hydrogen-bond donors (Lipinski definition) is 0. The molecule has 0 aliphatic rings. The molecule has 0 aliphatic carbocycles. The molecular formula is C18H17Cl2NO2. The predicted molar refractivity (Wildman–Crippen MR) is 93.3 cm³/mol. The number of aldehydes is 1. The minimum Gasteiger partial charge on any atom is -0.341 e. The molecule has 2 rings (SSSR count). The Kier molecular flexibility index (Phi) is 6.20. The van der Waals surface area contributed by atoms with E-state index >= 15 is 0 Å². The highest BCUT2D eigenvalue weighted by molar-refractivity contribution is 6.42. The second-order valence-electron chi connectivity index (χ2n) is 5.32. The number of benzene rings is 2. The second kappa shape index (κ2) is 8.14. The van der Waals surface area contributed by atoms with Crippen LogP contribution >= 0.6 is 23.2 Å². The average Bonchev–Trinajstić information content (AvgIpc) is 2.57. The van der Waals surface area contributed by atoms with Crippen LogP contribution in [0.15, 0.2) is 48.5 Å². The molecule has 0 aliphatic heterocycles. The zero-order valence-electron chi connectivity index (χ0n) is 12.7. The summed E-state index contributed by atoms with van der Waals surface area (Å²) in [4.78, 5) is 25.0. The van der Waals surface area contributed by atoms with Crippen LogP contribution in [0.4, 0.5) is 0 Å². The van der Waals surface area contributed by atoms with Gasteiger partial charge < -0.3 is 9.69 Å². The SMILES string of the molecule is CN(CC(CC=O)c1ccc(Cl)c(Cl)c1)C(=O)c1ccccc1. The van der Waals surface area contributed by atoms with Crippen molar-refractivity contribution in [2.75, 3.05) is 13.6 Å². The van der Waals surface area contributed by atoms with Gasteiger partial charge in [-0.25, -0.2) is 0 Å². The number of carbonyl (C=O) groups excluding carboxylic acids is 2. The lowest BCUT2D eigenvalue weighted by molar-refractivity contribution is -0.108. The minimum absolute atomic E-state index is 0.0819. The third-order valence-corrected chi connectivity index (χ3v) is 4.40. The quantitative estimate of drug-likeness (QED) is 0.723. The van der Waals surface area contributed by atoms with Crippen LogP contribution in [0.5, 0.6) is 0 Å². The number of carbonyl (C=O) groups is 2. The van der Waals surface area contributed by atoms with Gasteiger partial charge in [-0.3, -0.25) is 4.79 Å². The van der Waals surface area contributed by atoms with E-state index in [1.165, 1.54) is 0 Å². The molecule has 0 heterocycles. The maximum atomic E-state index is 12.4. The van der Waals surface area contributed by atoms with E-state index in [0.29, 0.717) is 28.6 Å². The van der Waals surface area contributed by atoms with Crippen molar-refractivity contribution in [1.82, 2.24) is 4.90 Å². The lowest BCUT2D eigenvalue weighted by Gasteiger charge is -2.24. The molecule has 23 heavy (non-hydrogen) atoms. The Morgan fingerprint density at radius 1 is 1.13 bits per heavy atom. The molecule has 0 saturated heterocycles. The summed E-state index contributed by atoms with van der Waals surface area (Å²) >= 11 is 12.0. The van der Waals surface area contributed by atoms with Crippen LogP contribution in [0.1, 0.15) is 28.3 Å². The number of amides is 1. The Morgan fingerprint density at radius 2 is 1.83 bits per heavy atom. The molecule has 0 spiro atoms. The fourth-order valence-corrected chi connectivity index (χ4v) is 2.72. The molecule has 0 fully saturated rings. The maximum absolute atomic E-state index is 12.4. The van der Waals surface area contributed by atoms with E-state index in [-0.39, 0.29) is 11.8 Å². The standard InChI is InChI=1S/C18H17Cl2NO2/c1-21(18(23)13-5-3-2-4-6-13)12-15(9-10-22)14-7-8-16(19)17(20)11-14/h2-8,10-11,15H,9,12H2,1H3. The van der Waals surface area contributed by atoms with Gasteiger partial charge in [0.2, 0.25) is 0 Å². The van der Waals surface area contributed by atoms with Gasteiger partial charge >= 0.3 is 0 Å². The fraction of sp³-hybridized carbons (Fsp3) is 0.222. The molecule has 120 valence electrons. The van der Waals surface area contributed by atoms with Crippen molar-refractivity contribution in [3.05, 3.63) is 69.7 Å². The van der Waals surface area contributed by atoms with Crippen molar-refractivity contribution in [3.8, 4) is 0 Å². The van der Waals surface area contributed by atoms with Crippen LogP contribution < -0.4 is 0 Å². The van der Waals surface area contributed by atoms with Crippen LogP contribution in [0.3, 0.4) is 0 Å². The van der Waals surface area contributed by atoms with E-state index < -0.39 is 0 Å². The Labute approximate surface area is 145 Å². The Hall–Kier alpha value is -1.84. The molecule has 0 saturated carbocycles. The monoisotopic (exact) mass is 349 g/mol. The summed E-state index contributed by atoms with van der Waals surface area (Å²) in [6.45, 7) is 0.421. The number of halogens is 2. The normalized spacial score (nSPS) is 11.8. The van der Waals surface area contributed by atoms with Gasteiger partial charge in [-0.1, -0.05) is 47.5 Å². The largest absolute Gasteiger partial charge is 0.341 e. The molecule has 3 nitrogen and oxygen atoms in total. The molecule has 0 N–H and O–H groups in total. The van der Waals surface area contributed by atoms with Crippen LogP contribution in [-0.4, -0.2) is 30.7 Å². The van der Waals surface area contributed by atoms with Gasteiger partial charge in [0.15, 0.2) is 0 Å². The van der Waals surface area contributed by atoms with Crippen molar-refractivity contribution in [3.63, 3.8) is 0 Å².